The fourth-order valence-electron chi connectivity index (χ4n) is 2.82. The zero-order valence-electron chi connectivity index (χ0n) is 11.8. The van der Waals surface area contributed by atoms with Crippen LogP contribution in [0.4, 0.5) is 0 Å². The summed E-state index contributed by atoms with van der Waals surface area (Å²) in [6.07, 6.45) is 6.68. The van der Waals surface area contributed by atoms with E-state index in [4.69, 9.17) is 0 Å². The monoisotopic (exact) mass is 257 g/mol. The van der Waals surface area contributed by atoms with Crippen molar-refractivity contribution in [2.45, 2.75) is 45.2 Å². The molecule has 0 saturated heterocycles. The number of aldehydes is 1. The van der Waals surface area contributed by atoms with E-state index in [1.807, 2.05) is 6.08 Å². The molecule has 2 heteroatoms. The topological polar surface area (TPSA) is 20.3 Å². The summed E-state index contributed by atoms with van der Waals surface area (Å²) in [7, 11) is 0. The predicted octanol–water partition coefficient (Wildman–Crippen LogP) is 3.14. The fraction of sp³-hybridized carbons (Fsp3) is 0.471. The Kier molecular flexibility index (Phi) is 4.92. The molecule has 0 fully saturated rings. The maximum atomic E-state index is 10.5. The van der Waals surface area contributed by atoms with E-state index in [9.17, 15) is 4.79 Å². The van der Waals surface area contributed by atoms with Gasteiger partial charge in [-0.3, -0.25) is 4.90 Å². The largest absolute Gasteiger partial charge is 0.303 e. The molecular weight excluding hydrogens is 234 g/mol. The molecule has 1 unspecified atom stereocenters. The van der Waals surface area contributed by atoms with Crippen LogP contribution in [0.5, 0.6) is 0 Å². The SMILES string of the molecule is C=CC(CCC=O)N1CCc2ccc(CC)cc2C1. The van der Waals surface area contributed by atoms with Crippen LogP contribution in [-0.2, 0) is 24.2 Å². The lowest BCUT2D eigenvalue weighted by Crippen LogP contribution is -2.38. The lowest BCUT2D eigenvalue weighted by atomic mass is 9.95. The molecule has 102 valence electrons. The maximum Gasteiger partial charge on any atom is 0.120 e. The summed E-state index contributed by atoms with van der Waals surface area (Å²) in [5.74, 6) is 0. The molecule has 1 atom stereocenters. The van der Waals surface area contributed by atoms with Gasteiger partial charge in [0.1, 0.15) is 6.29 Å². The highest BCUT2D eigenvalue weighted by Crippen LogP contribution is 2.23. The first-order chi connectivity index (χ1) is 9.28. The number of benzene rings is 1. The summed E-state index contributed by atoms with van der Waals surface area (Å²) in [6, 6.07) is 7.18. The number of hydrogen-bond acceptors (Lipinski definition) is 2. The minimum Gasteiger partial charge on any atom is -0.303 e. The van der Waals surface area contributed by atoms with Gasteiger partial charge in [-0.15, -0.1) is 6.58 Å². The summed E-state index contributed by atoms with van der Waals surface area (Å²) in [4.78, 5) is 13.0. The van der Waals surface area contributed by atoms with Gasteiger partial charge in [0.25, 0.3) is 0 Å². The Morgan fingerprint density at radius 2 is 2.26 bits per heavy atom. The van der Waals surface area contributed by atoms with Crippen LogP contribution in [-0.4, -0.2) is 23.8 Å². The Balaban J connectivity index is 2.10. The normalized spacial score (nSPS) is 16.7. The number of aryl methyl sites for hydroxylation is 1. The van der Waals surface area contributed by atoms with Crippen molar-refractivity contribution in [2.24, 2.45) is 0 Å². The molecule has 0 aliphatic carbocycles. The molecular formula is C17H23NO. The number of carbonyl (C=O) groups is 1. The van der Waals surface area contributed by atoms with E-state index in [2.05, 4.69) is 36.6 Å². The van der Waals surface area contributed by atoms with Crippen LogP contribution in [0.25, 0.3) is 0 Å². The van der Waals surface area contributed by atoms with Gasteiger partial charge in [-0.05, 0) is 36.0 Å². The third-order valence-electron chi connectivity index (χ3n) is 4.04. The highest BCUT2D eigenvalue weighted by Gasteiger charge is 2.21. The van der Waals surface area contributed by atoms with E-state index in [1.165, 1.54) is 16.7 Å². The smallest absolute Gasteiger partial charge is 0.120 e. The molecule has 0 bridgehead atoms. The molecule has 1 aliphatic heterocycles. The molecule has 0 aromatic heterocycles. The molecule has 2 rings (SSSR count). The van der Waals surface area contributed by atoms with Gasteiger partial charge >= 0.3 is 0 Å². The number of carbonyl (C=O) groups excluding carboxylic acids is 1. The van der Waals surface area contributed by atoms with Crippen LogP contribution in [0.15, 0.2) is 30.9 Å². The van der Waals surface area contributed by atoms with Gasteiger partial charge in [0.05, 0.1) is 0 Å². The summed E-state index contributed by atoms with van der Waals surface area (Å²) < 4.78 is 0. The third-order valence-corrected chi connectivity index (χ3v) is 4.04. The van der Waals surface area contributed by atoms with Gasteiger partial charge < -0.3 is 4.79 Å². The number of hydrogen-bond donors (Lipinski definition) is 0. The highest BCUT2D eigenvalue weighted by molar-refractivity contribution is 5.49. The molecule has 0 radical (unpaired) electrons. The van der Waals surface area contributed by atoms with Crippen molar-refractivity contribution in [3.8, 4) is 0 Å². The van der Waals surface area contributed by atoms with Crippen LogP contribution >= 0.6 is 0 Å². The molecule has 2 nitrogen and oxygen atoms in total. The zero-order chi connectivity index (χ0) is 13.7. The lowest BCUT2D eigenvalue weighted by molar-refractivity contribution is -0.108. The van der Waals surface area contributed by atoms with Gasteiger partial charge in [-0.25, -0.2) is 0 Å². The Bertz CT molecular complexity index is 453. The summed E-state index contributed by atoms with van der Waals surface area (Å²) >= 11 is 0. The average molecular weight is 257 g/mol. The molecule has 0 N–H and O–H groups in total. The minimum atomic E-state index is 0.323. The predicted molar refractivity (Wildman–Crippen MR) is 79.2 cm³/mol. The van der Waals surface area contributed by atoms with Gasteiger partial charge in [-0.2, -0.15) is 0 Å². The molecule has 1 aromatic carbocycles. The van der Waals surface area contributed by atoms with Crippen molar-refractivity contribution in [1.29, 1.82) is 0 Å². The Hall–Kier alpha value is -1.41. The minimum absolute atomic E-state index is 0.323. The van der Waals surface area contributed by atoms with E-state index in [0.29, 0.717) is 12.5 Å². The Morgan fingerprint density at radius 3 is 2.95 bits per heavy atom. The van der Waals surface area contributed by atoms with E-state index in [0.717, 1.165) is 38.6 Å². The molecule has 0 saturated carbocycles. The molecule has 1 aromatic rings. The van der Waals surface area contributed by atoms with Crippen LogP contribution in [0.3, 0.4) is 0 Å². The van der Waals surface area contributed by atoms with Gasteiger partial charge in [0, 0.05) is 25.6 Å². The van der Waals surface area contributed by atoms with Crippen LogP contribution in [0.2, 0.25) is 0 Å². The fourth-order valence-corrected chi connectivity index (χ4v) is 2.82. The van der Waals surface area contributed by atoms with Crippen molar-refractivity contribution in [1.82, 2.24) is 4.90 Å². The van der Waals surface area contributed by atoms with Crippen molar-refractivity contribution in [2.75, 3.05) is 6.54 Å². The van der Waals surface area contributed by atoms with Crippen LogP contribution < -0.4 is 0 Å². The van der Waals surface area contributed by atoms with Crippen molar-refractivity contribution >= 4 is 6.29 Å². The van der Waals surface area contributed by atoms with Crippen LogP contribution in [0, 0.1) is 0 Å². The molecule has 1 heterocycles. The van der Waals surface area contributed by atoms with E-state index in [1.54, 1.807) is 0 Å². The summed E-state index contributed by atoms with van der Waals surface area (Å²) in [5, 5.41) is 0. The van der Waals surface area contributed by atoms with Crippen LogP contribution in [0.1, 0.15) is 36.5 Å². The van der Waals surface area contributed by atoms with Crippen molar-refractivity contribution in [3.63, 3.8) is 0 Å². The maximum absolute atomic E-state index is 10.5. The van der Waals surface area contributed by atoms with Gasteiger partial charge in [-0.1, -0.05) is 31.2 Å². The number of nitrogens with zero attached hydrogens (tertiary/aromatic N) is 1. The van der Waals surface area contributed by atoms with E-state index >= 15 is 0 Å². The highest BCUT2D eigenvalue weighted by atomic mass is 16.1. The second-order valence-electron chi connectivity index (χ2n) is 5.22. The van der Waals surface area contributed by atoms with Gasteiger partial charge in [0.2, 0.25) is 0 Å². The zero-order valence-corrected chi connectivity index (χ0v) is 11.8. The second kappa shape index (κ2) is 6.67. The summed E-state index contributed by atoms with van der Waals surface area (Å²) in [6.45, 7) is 8.16. The Morgan fingerprint density at radius 1 is 1.42 bits per heavy atom. The average Bonchev–Trinajstić information content (AvgIpc) is 2.47. The first-order valence-corrected chi connectivity index (χ1v) is 7.19. The summed E-state index contributed by atoms with van der Waals surface area (Å²) in [5.41, 5.74) is 4.33. The van der Waals surface area contributed by atoms with E-state index in [-0.39, 0.29) is 0 Å². The lowest BCUT2D eigenvalue weighted by Gasteiger charge is -2.34. The second-order valence-corrected chi connectivity index (χ2v) is 5.22. The van der Waals surface area contributed by atoms with E-state index < -0.39 is 0 Å². The number of fused-ring (bicyclic) bond motifs is 1. The third kappa shape index (κ3) is 3.32. The van der Waals surface area contributed by atoms with Crippen molar-refractivity contribution in [3.05, 3.63) is 47.5 Å². The molecule has 0 spiro atoms. The molecule has 1 aliphatic rings. The number of rotatable bonds is 6. The standard InChI is InChI=1S/C17H23NO/c1-3-14-7-8-15-9-10-18(13-16(15)12-14)17(4-2)6-5-11-19/h4,7-8,11-12,17H,2-3,5-6,9-10,13H2,1H3. The van der Waals surface area contributed by atoms with Crippen molar-refractivity contribution < 1.29 is 4.79 Å². The molecule has 0 amide bonds. The first kappa shape index (κ1) is 14.0. The van der Waals surface area contributed by atoms with Gasteiger partial charge in [0.15, 0.2) is 0 Å². The Labute approximate surface area is 116 Å². The first-order valence-electron chi connectivity index (χ1n) is 7.19. The quantitative estimate of drug-likeness (QED) is 0.576. The molecule has 19 heavy (non-hydrogen) atoms.